The molecular formula is C11H8BrNO3. The van der Waals surface area contributed by atoms with Crippen molar-refractivity contribution in [2.45, 2.75) is 6.92 Å². The Morgan fingerprint density at radius 2 is 2.12 bits per heavy atom. The molecule has 0 fully saturated rings. The van der Waals surface area contributed by atoms with Crippen LogP contribution in [0.25, 0.3) is 11.3 Å². The van der Waals surface area contributed by atoms with E-state index < -0.39 is 5.97 Å². The zero-order chi connectivity index (χ0) is 11.7. The summed E-state index contributed by atoms with van der Waals surface area (Å²) in [6.07, 6.45) is 0. The number of carboxylic acid groups (broad SMARTS) is 1. The van der Waals surface area contributed by atoms with Gasteiger partial charge in [0.1, 0.15) is 5.69 Å². The van der Waals surface area contributed by atoms with E-state index in [-0.39, 0.29) is 10.6 Å². The molecule has 0 unspecified atom stereocenters. The first-order valence-electron chi connectivity index (χ1n) is 4.55. The number of oxazole rings is 1. The first-order chi connectivity index (χ1) is 7.59. The Labute approximate surface area is 100 Å². The van der Waals surface area contributed by atoms with Gasteiger partial charge in [0.2, 0.25) is 5.76 Å². The van der Waals surface area contributed by atoms with Crippen LogP contribution < -0.4 is 0 Å². The van der Waals surface area contributed by atoms with Crippen LogP contribution in [0.5, 0.6) is 0 Å². The number of halogens is 1. The third kappa shape index (κ3) is 1.86. The largest absolute Gasteiger partial charge is 0.475 e. The average molecular weight is 282 g/mol. The highest BCUT2D eigenvalue weighted by molar-refractivity contribution is 9.10. The lowest BCUT2D eigenvalue weighted by Crippen LogP contribution is -1.97. The van der Waals surface area contributed by atoms with Crippen LogP contribution in [-0.4, -0.2) is 16.1 Å². The van der Waals surface area contributed by atoms with Gasteiger partial charge in [0.05, 0.1) is 0 Å². The van der Waals surface area contributed by atoms with E-state index in [1.165, 1.54) is 0 Å². The Morgan fingerprint density at radius 1 is 1.44 bits per heavy atom. The van der Waals surface area contributed by atoms with E-state index in [0.29, 0.717) is 5.69 Å². The topological polar surface area (TPSA) is 63.3 Å². The lowest BCUT2D eigenvalue weighted by atomic mass is 10.1. The molecule has 0 aliphatic rings. The van der Waals surface area contributed by atoms with Gasteiger partial charge in [-0.05, 0) is 12.5 Å². The second-order valence-corrected chi connectivity index (χ2v) is 3.94. The number of benzene rings is 1. The van der Waals surface area contributed by atoms with E-state index >= 15 is 0 Å². The lowest BCUT2D eigenvalue weighted by molar-refractivity contribution is 0.0662. The van der Waals surface area contributed by atoms with Crippen molar-refractivity contribution in [2.75, 3.05) is 0 Å². The normalized spacial score (nSPS) is 10.4. The predicted octanol–water partition coefficient (Wildman–Crippen LogP) is 3.11. The van der Waals surface area contributed by atoms with Crippen LogP contribution in [0.1, 0.15) is 16.1 Å². The second-order valence-electron chi connectivity index (χ2n) is 3.26. The van der Waals surface area contributed by atoms with Crippen LogP contribution in [0.4, 0.5) is 0 Å². The number of nitrogens with zero attached hydrogens (tertiary/aromatic N) is 1. The first-order valence-corrected chi connectivity index (χ1v) is 5.34. The van der Waals surface area contributed by atoms with Gasteiger partial charge < -0.3 is 9.52 Å². The van der Waals surface area contributed by atoms with Crippen molar-refractivity contribution >= 4 is 21.9 Å². The molecule has 1 aromatic heterocycles. The monoisotopic (exact) mass is 281 g/mol. The average Bonchev–Trinajstić information content (AvgIpc) is 2.61. The smallest absolute Gasteiger partial charge is 0.374 e. The Hall–Kier alpha value is -1.62. The number of aryl methyl sites for hydroxylation is 1. The summed E-state index contributed by atoms with van der Waals surface area (Å²) in [5.74, 6) is -1.28. The highest BCUT2D eigenvalue weighted by atomic mass is 79.9. The van der Waals surface area contributed by atoms with Gasteiger partial charge in [0, 0.05) is 21.5 Å². The molecule has 0 amide bonds. The number of carboxylic acids is 1. The summed E-state index contributed by atoms with van der Waals surface area (Å²) in [6.45, 7) is 1.89. The summed E-state index contributed by atoms with van der Waals surface area (Å²) >= 11 is 3.03. The fourth-order valence-electron chi connectivity index (χ4n) is 1.46. The maximum atomic E-state index is 11.0. The molecule has 16 heavy (non-hydrogen) atoms. The van der Waals surface area contributed by atoms with Crippen molar-refractivity contribution in [3.8, 4) is 11.3 Å². The van der Waals surface area contributed by atoms with Gasteiger partial charge in [0.25, 0.3) is 4.80 Å². The first kappa shape index (κ1) is 10.9. The quantitative estimate of drug-likeness (QED) is 0.919. The van der Waals surface area contributed by atoms with Gasteiger partial charge in [-0.25, -0.2) is 9.78 Å². The molecule has 0 aliphatic carbocycles. The molecule has 1 aromatic carbocycles. The van der Waals surface area contributed by atoms with Gasteiger partial charge in [0.15, 0.2) is 0 Å². The van der Waals surface area contributed by atoms with E-state index in [4.69, 9.17) is 9.52 Å². The number of rotatable bonds is 2. The molecule has 2 rings (SSSR count). The molecule has 0 spiro atoms. The van der Waals surface area contributed by atoms with E-state index in [2.05, 4.69) is 20.9 Å². The van der Waals surface area contributed by atoms with E-state index in [9.17, 15) is 4.79 Å². The van der Waals surface area contributed by atoms with Crippen LogP contribution >= 0.6 is 15.9 Å². The second kappa shape index (κ2) is 4.09. The number of aromatic carboxylic acids is 1. The summed E-state index contributed by atoms with van der Waals surface area (Å²) in [6, 6.07) is 7.42. The maximum absolute atomic E-state index is 11.0. The molecule has 5 heteroatoms. The summed E-state index contributed by atoms with van der Waals surface area (Å²) in [5, 5.41) is 8.98. The predicted molar refractivity (Wildman–Crippen MR) is 61.3 cm³/mol. The van der Waals surface area contributed by atoms with Crippen molar-refractivity contribution in [3.05, 3.63) is 40.4 Å². The zero-order valence-electron chi connectivity index (χ0n) is 8.40. The van der Waals surface area contributed by atoms with Crippen LogP contribution in [0, 0.1) is 6.92 Å². The number of carbonyl (C=O) groups is 1. The fourth-order valence-corrected chi connectivity index (χ4v) is 1.80. The molecule has 82 valence electrons. The fraction of sp³-hybridized carbons (Fsp3) is 0.0909. The molecule has 1 N–H and O–H groups in total. The third-order valence-corrected chi connectivity index (χ3v) is 2.53. The third-order valence-electron chi connectivity index (χ3n) is 2.20. The molecule has 0 saturated carbocycles. The molecule has 4 nitrogen and oxygen atoms in total. The van der Waals surface area contributed by atoms with Crippen molar-refractivity contribution in [3.63, 3.8) is 0 Å². The van der Waals surface area contributed by atoms with E-state index in [0.717, 1.165) is 11.1 Å². The zero-order valence-corrected chi connectivity index (χ0v) is 9.98. The Balaban J connectivity index is 2.64. The Bertz CT molecular complexity index is 548. The maximum Gasteiger partial charge on any atom is 0.374 e. The Morgan fingerprint density at radius 3 is 2.75 bits per heavy atom. The summed E-state index contributed by atoms with van der Waals surface area (Å²) in [7, 11) is 0. The van der Waals surface area contributed by atoms with Gasteiger partial charge in [-0.3, -0.25) is 0 Å². The highest BCUT2D eigenvalue weighted by Gasteiger charge is 2.20. The highest BCUT2D eigenvalue weighted by Crippen LogP contribution is 2.28. The Kier molecular flexibility index (Phi) is 2.78. The van der Waals surface area contributed by atoms with Crippen LogP contribution in [0.15, 0.2) is 33.5 Å². The van der Waals surface area contributed by atoms with Gasteiger partial charge in [-0.1, -0.05) is 24.3 Å². The molecule has 2 aromatic rings. The standard InChI is InChI=1S/C11H8BrNO3/c1-6-4-2-3-5-7(6)8-9(10(14)15)16-11(12)13-8/h2-5H,1H3,(H,14,15). The van der Waals surface area contributed by atoms with Gasteiger partial charge >= 0.3 is 5.97 Å². The molecule has 0 aliphatic heterocycles. The molecular weight excluding hydrogens is 274 g/mol. The number of hydrogen-bond acceptors (Lipinski definition) is 3. The summed E-state index contributed by atoms with van der Waals surface area (Å²) < 4.78 is 4.99. The van der Waals surface area contributed by atoms with Crippen LogP contribution in [0.2, 0.25) is 0 Å². The van der Waals surface area contributed by atoms with Crippen molar-refractivity contribution in [1.82, 2.24) is 4.98 Å². The van der Waals surface area contributed by atoms with Crippen molar-refractivity contribution in [1.29, 1.82) is 0 Å². The van der Waals surface area contributed by atoms with Crippen LogP contribution in [-0.2, 0) is 0 Å². The SMILES string of the molecule is Cc1ccccc1-c1nc(Br)oc1C(=O)O. The molecule has 1 heterocycles. The minimum atomic E-state index is -1.13. The minimum absolute atomic E-state index is 0.152. The molecule has 0 bridgehead atoms. The van der Waals surface area contributed by atoms with Crippen LogP contribution in [0.3, 0.4) is 0 Å². The number of hydrogen-bond donors (Lipinski definition) is 1. The molecule has 0 atom stereocenters. The van der Waals surface area contributed by atoms with Crippen molar-refractivity contribution < 1.29 is 14.3 Å². The molecule has 0 saturated heterocycles. The molecule has 0 radical (unpaired) electrons. The van der Waals surface area contributed by atoms with Gasteiger partial charge in [-0.2, -0.15) is 0 Å². The number of aromatic nitrogens is 1. The summed E-state index contributed by atoms with van der Waals surface area (Å²) in [5.41, 5.74) is 2.05. The minimum Gasteiger partial charge on any atom is -0.475 e. The van der Waals surface area contributed by atoms with Crippen molar-refractivity contribution in [2.24, 2.45) is 0 Å². The lowest BCUT2D eigenvalue weighted by Gasteiger charge is -2.01. The summed E-state index contributed by atoms with van der Waals surface area (Å²) in [4.78, 5) is 15.2. The van der Waals surface area contributed by atoms with E-state index in [1.54, 1.807) is 0 Å². The van der Waals surface area contributed by atoms with E-state index in [1.807, 2.05) is 31.2 Å². The van der Waals surface area contributed by atoms with Gasteiger partial charge in [-0.15, -0.1) is 0 Å².